The van der Waals surface area contributed by atoms with Gasteiger partial charge in [0.25, 0.3) is 0 Å². The van der Waals surface area contributed by atoms with E-state index in [0.29, 0.717) is 5.56 Å². The molecule has 0 aliphatic carbocycles. The first-order chi connectivity index (χ1) is 35.0. The monoisotopic (exact) mass is 1130 g/mol. The van der Waals surface area contributed by atoms with E-state index in [1.807, 2.05) is 48.8 Å². The number of hydrogen-bond acceptors (Lipinski definition) is 1. The third-order valence-corrected chi connectivity index (χ3v) is 11.8. The van der Waals surface area contributed by atoms with Gasteiger partial charge in [0.15, 0.2) is 18.9 Å². The summed E-state index contributed by atoms with van der Waals surface area (Å²) in [5, 5.41) is 1.91. The zero-order chi connectivity index (χ0) is 57.9. The number of alkyl halides is 24. The summed E-state index contributed by atoms with van der Waals surface area (Å²) in [7, 11) is 0. The van der Waals surface area contributed by atoms with Gasteiger partial charge in [0.05, 0.1) is 44.5 Å². The Morgan fingerprint density at radius 3 is 0.922 bits per heavy atom. The van der Waals surface area contributed by atoms with E-state index >= 15 is 0 Å². The lowest BCUT2D eigenvalue weighted by molar-refractivity contribution is -0.687. The van der Waals surface area contributed by atoms with Crippen LogP contribution in [0.2, 0.25) is 0 Å². The smallest absolute Gasteiger partial charge is 0.366 e. The highest BCUT2D eigenvalue weighted by Gasteiger charge is 2.47. The van der Waals surface area contributed by atoms with Crippen LogP contribution in [0.1, 0.15) is 60.4 Å². The Labute approximate surface area is 416 Å². The van der Waals surface area contributed by atoms with E-state index < -0.39 is 201 Å². The van der Waals surface area contributed by atoms with Crippen molar-refractivity contribution in [2.24, 2.45) is 5.73 Å². The molecule has 7 aromatic rings. The number of carbonyl (C=O) groups excluding carboxylic acids is 1. The second-order valence-corrected chi connectivity index (χ2v) is 17.0. The molecule has 1 amide bonds. The molecule has 1 aromatic heterocycles. The normalized spacial score (nSPS) is 13.4. The van der Waals surface area contributed by atoms with E-state index in [1.54, 1.807) is 6.07 Å². The molecule has 7 rings (SSSR count). The molecule has 0 saturated heterocycles. The fourth-order valence-electron chi connectivity index (χ4n) is 8.45. The zero-order valence-corrected chi connectivity index (χ0v) is 37.6. The lowest BCUT2D eigenvalue weighted by Crippen LogP contribution is -2.75. The fraction of sp³-hybridized carbons (Fsp3) is 0.184. The van der Waals surface area contributed by atoms with Gasteiger partial charge in [-0.1, -0.05) is 84.9 Å². The Morgan fingerprint density at radius 1 is 0.377 bits per heavy atom. The van der Waals surface area contributed by atoms with Crippen LogP contribution in [-0.4, -0.2) is 12.1 Å². The summed E-state index contributed by atoms with van der Waals surface area (Å²) in [5.74, 6) is -0.392. The first kappa shape index (κ1) is 58.8. The van der Waals surface area contributed by atoms with Crippen molar-refractivity contribution in [3.63, 3.8) is 0 Å². The molecule has 0 saturated carbocycles. The van der Waals surface area contributed by atoms with Crippen LogP contribution >= 0.6 is 0 Å². The maximum absolute atomic E-state index is 14.2. The van der Waals surface area contributed by atoms with Gasteiger partial charge in [-0.2, -0.15) is 127 Å². The van der Waals surface area contributed by atoms with E-state index in [9.17, 15) is 110 Å². The number of hydrogen-bond donors (Lipinski definition) is 1. The molecule has 0 spiro atoms. The first-order valence-electron chi connectivity index (χ1n) is 21.1. The second-order valence-electron chi connectivity index (χ2n) is 17.0. The molecular weight excluding hydrogens is 1100 g/mol. The van der Waals surface area contributed by atoms with Crippen molar-refractivity contribution < 1.29 is 115 Å². The molecule has 1 heterocycles. The molecule has 0 aliphatic rings. The molecule has 0 atom stereocenters. The molecule has 28 heteroatoms. The summed E-state index contributed by atoms with van der Waals surface area (Å²) in [6.07, 6.45) is -50.8. The topological polar surface area (TPSA) is 47.0 Å². The van der Waals surface area contributed by atoms with Gasteiger partial charge in [0, 0.05) is 28.0 Å². The van der Waals surface area contributed by atoms with Crippen molar-refractivity contribution >= 4 is 44.7 Å². The number of amides is 1. The number of pyridine rings is 1. The van der Waals surface area contributed by atoms with Crippen LogP contribution in [-0.2, 0) is 56.0 Å². The molecule has 0 fully saturated rings. The molecule has 0 bridgehead atoms. The highest BCUT2D eigenvalue weighted by atomic mass is 19.4. The largest absolute Gasteiger partial charge is 0.416 e. The number of primary amides is 1. The molecule has 77 heavy (non-hydrogen) atoms. The van der Waals surface area contributed by atoms with Crippen molar-refractivity contribution in [1.82, 2.24) is 0 Å². The van der Waals surface area contributed by atoms with Gasteiger partial charge in [-0.3, -0.25) is 4.79 Å². The summed E-state index contributed by atoms with van der Waals surface area (Å²) in [6.45, 7) is 0.803. The molecule has 410 valence electrons. The Kier molecular flexibility index (Phi) is 15.4. The highest BCUT2D eigenvalue weighted by Crippen LogP contribution is 2.41. The van der Waals surface area contributed by atoms with Crippen LogP contribution in [0.5, 0.6) is 0 Å². The number of fused-ring (bicyclic) bond motifs is 1. The third kappa shape index (κ3) is 13.2. The second kappa shape index (κ2) is 20.2. The predicted molar refractivity (Wildman–Crippen MR) is 228 cm³/mol. The minimum Gasteiger partial charge on any atom is -0.366 e. The molecule has 0 radical (unpaired) electrons. The first-order valence-corrected chi connectivity index (χ1v) is 21.1. The quantitative estimate of drug-likeness (QED) is 0.0965. The Bertz CT molecular complexity index is 2870. The summed E-state index contributed by atoms with van der Waals surface area (Å²) >= 11 is 0. The number of rotatable bonds is 7. The van der Waals surface area contributed by atoms with Gasteiger partial charge < -0.3 is 5.73 Å². The Morgan fingerprint density at radius 2 is 0.662 bits per heavy atom. The van der Waals surface area contributed by atoms with E-state index in [4.69, 9.17) is 5.73 Å². The minimum atomic E-state index is -6.13. The van der Waals surface area contributed by atoms with Crippen molar-refractivity contribution in [3.05, 3.63) is 195 Å². The van der Waals surface area contributed by atoms with Crippen molar-refractivity contribution in [1.29, 1.82) is 0 Å². The van der Waals surface area contributed by atoms with E-state index in [-0.39, 0.29) is 0 Å². The summed E-state index contributed by atoms with van der Waals surface area (Å²) in [5.41, 5.74) is -23.0. The molecule has 6 aromatic carbocycles. The van der Waals surface area contributed by atoms with Crippen molar-refractivity contribution in [3.8, 4) is 0 Å². The van der Waals surface area contributed by atoms with E-state index in [1.165, 1.54) is 5.56 Å². The SMILES string of the molecule is FC(F)(F)c1cc([B-](c2cc(C(F)(F)F)cc(C(F)(F)F)c2)(c2cc(C(F)(F)F)cc(C(F)(F)F)c2)c2cc(C(F)(F)F)cc(C(F)(F)F)c2)cc(C(F)(F)F)c1.NC(=O)c1cccc2c[n+](Cc3ccccc3)ccc12. The van der Waals surface area contributed by atoms with Gasteiger partial charge in [0.1, 0.15) is 6.15 Å². The summed E-state index contributed by atoms with van der Waals surface area (Å²) < 4.78 is 343. The van der Waals surface area contributed by atoms with Gasteiger partial charge in [-0.15, -0.1) is 0 Å². The summed E-state index contributed by atoms with van der Waals surface area (Å²) in [4.78, 5) is 11.4. The highest BCUT2D eigenvalue weighted by molar-refractivity contribution is 7.20. The van der Waals surface area contributed by atoms with Gasteiger partial charge in [-0.05, 0) is 36.4 Å². The number of carbonyl (C=O) groups is 1. The number of benzene rings is 6. The number of nitrogens with zero attached hydrogens (tertiary/aromatic N) is 1. The molecule has 0 aliphatic heterocycles. The van der Waals surface area contributed by atoms with Gasteiger partial charge >= 0.3 is 49.4 Å². The van der Waals surface area contributed by atoms with E-state index in [0.717, 1.165) is 17.3 Å². The predicted octanol–water partition coefficient (Wildman–Crippen LogP) is 13.5. The fourth-order valence-corrected chi connectivity index (χ4v) is 8.45. The maximum atomic E-state index is 14.2. The lowest BCUT2D eigenvalue weighted by atomic mass is 9.12. The summed E-state index contributed by atoms with van der Waals surface area (Å²) in [6, 6.07) is 8.99. The van der Waals surface area contributed by atoms with E-state index in [2.05, 4.69) is 16.7 Å². The Balaban J connectivity index is 0.000000397. The van der Waals surface area contributed by atoms with Crippen molar-refractivity contribution in [2.75, 3.05) is 0 Å². The Hall–Kier alpha value is -7.42. The van der Waals surface area contributed by atoms with Crippen LogP contribution in [0.4, 0.5) is 105 Å². The minimum absolute atomic E-state index is 0.392. The van der Waals surface area contributed by atoms with Crippen molar-refractivity contribution in [2.45, 2.75) is 56.0 Å². The molecular formula is C49H27BF24N2O. The van der Waals surface area contributed by atoms with Crippen LogP contribution in [0, 0.1) is 0 Å². The number of halogens is 24. The van der Waals surface area contributed by atoms with Crippen LogP contribution in [0.15, 0.2) is 140 Å². The number of aromatic nitrogens is 1. The molecule has 0 unspecified atom stereocenters. The average Bonchev–Trinajstić information content (AvgIpc) is 3.29. The third-order valence-electron chi connectivity index (χ3n) is 11.8. The van der Waals surface area contributed by atoms with Crippen LogP contribution < -0.4 is 32.2 Å². The number of nitrogens with two attached hydrogens (primary N) is 1. The molecule has 2 N–H and O–H groups in total. The lowest BCUT2D eigenvalue weighted by Gasteiger charge is -2.46. The standard InChI is InChI=1S/C32H12BF24.C17H14N2O/c34-25(35,36)13-1-14(26(37,38)39)6-21(5-13)33(22-7-15(27(40,41)42)2-16(8-22)28(43,44)45,23-9-17(29(46,47)48)3-18(10-23)30(49,50)51)24-11-19(31(52,53)54)4-20(12-24)32(55,56)57;18-17(20)16-8-4-7-14-12-19(10-9-15(14)16)11-13-5-2-1-3-6-13/h1-12H;1-10,12H,11H2,(H-,18,20)/q-1;/p+1. The zero-order valence-electron chi connectivity index (χ0n) is 37.6. The average molecular weight is 1130 g/mol. The van der Waals surface area contributed by atoms with Gasteiger partial charge in [0.2, 0.25) is 5.91 Å². The van der Waals surface area contributed by atoms with Crippen LogP contribution in [0.25, 0.3) is 10.8 Å². The maximum Gasteiger partial charge on any atom is 0.416 e. The molecule has 3 nitrogen and oxygen atoms in total. The van der Waals surface area contributed by atoms with Crippen LogP contribution in [0.3, 0.4) is 0 Å². The van der Waals surface area contributed by atoms with Gasteiger partial charge in [-0.25, -0.2) is 4.57 Å².